The van der Waals surface area contributed by atoms with Crippen LogP contribution in [0, 0.1) is 5.82 Å². The largest absolute Gasteiger partial charge is 0.496 e. The van der Waals surface area contributed by atoms with Gasteiger partial charge in [-0.2, -0.15) is 13.2 Å². The van der Waals surface area contributed by atoms with Crippen LogP contribution in [0.2, 0.25) is 5.28 Å². The van der Waals surface area contributed by atoms with Gasteiger partial charge in [0.05, 0.1) is 12.8 Å². The summed E-state index contributed by atoms with van der Waals surface area (Å²) in [6.45, 7) is 0. The van der Waals surface area contributed by atoms with Crippen molar-refractivity contribution in [3.8, 4) is 17.0 Å². The molecule has 106 valence electrons. The molecule has 0 aliphatic rings. The van der Waals surface area contributed by atoms with Crippen LogP contribution in [0.3, 0.4) is 0 Å². The Kier molecular flexibility index (Phi) is 3.80. The van der Waals surface area contributed by atoms with Crippen LogP contribution >= 0.6 is 11.6 Å². The molecule has 0 bridgehead atoms. The minimum atomic E-state index is -4.68. The first kappa shape index (κ1) is 14.5. The fourth-order valence-corrected chi connectivity index (χ4v) is 1.76. The lowest BCUT2D eigenvalue weighted by atomic mass is 10.1. The second-order valence-corrected chi connectivity index (χ2v) is 4.09. The summed E-state index contributed by atoms with van der Waals surface area (Å²) in [4.78, 5) is 6.78. The molecule has 0 aliphatic carbocycles. The number of ether oxygens (including phenoxy) is 1. The molecule has 0 atom stereocenters. The fourth-order valence-electron chi connectivity index (χ4n) is 1.58. The van der Waals surface area contributed by atoms with Gasteiger partial charge in [0.1, 0.15) is 17.3 Å². The maximum atomic E-state index is 13.3. The van der Waals surface area contributed by atoms with Crippen LogP contribution in [-0.2, 0) is 6.18 Å². The van der Waals surface area contributed by atoms with Gasteiger partial charge < -0.3 is 4.74 Å². The van der Waals surface area contributed by atoms with Crippen molar-refractivity contribution in [2.75, 3.05) is 7.11 Å². The van der Waals surface area contributed by atoms with Crippen molar-refractivity contribution in [2.24, 2.45) is 0 Å². The molecule has 1 aromatic heterocycles. The fraction of sp³-hybridized carbons (Fsp3) is 0.167. The van der Waals surface area contributed by atoms with E-state index in [2.05, 4.69) is 9.97 Å². The molecule has 3 nitrogen and oxygen atoms in total. The Bertz CT molecular complexity index is 646. The molecule has 0 unspecified atom stereocenters. The number of methoxy groups -OCH3 is 1. The average molecular weight is 307 g/mol. The van der Waals surface area contributed by atoms with Gasteiger partial charge in [-0.1, -0.05) is 0 Å². The van der Waals surface area contributed by atoms with E-state index in [4.69, 9.17) is 16.3 Å². The van der Waals surface area contributed by atoms with Crippen molar-refractivity contribution in [3.05, 3.63) is 41.1 Å². The molecule has 0 amide bonds. The Morgan fingerprint density at radius 1 is 1.15 bits per heavy atom. The van der Waals surface area contributed by atoms with E-state index in [1.807, 2.05) is 0 Å². The summed E-state index contributed by atoms with van der Waals surface area (Å²) in [5.74, 6) is -0.460. The first-order valence-corrected chi connectivity index (χ1v) is 5.65. The molecule has 2 aromatic rings. The molecule has 0 saturated carbocycles. The lowest BCUT2D eigenvalue weighted by molar-refractivity contribution is -0.141. The number of hydrogen-bond donors (Lipinski definition) is 0. The van der Waals surface area contributed by atoms with Crippen molar-refractivity contribution in [1.82, 2.24) is 9.97 Å². The molecular formula is C12H7ClF4N2O. The van der Waals surface area contributed by atoms with E-state index in [1.54, 1.807) is 0 Å². The summed E-state index contributed by atoms with van der Waals surface area (Å²) in [6, 6.07) is 4.10. The number of rotatable bonds is 2. The van der Waals surface area contributed by atoms with Crippen molar-refractivity contribution in [2.45, 2.75) is 6.18 Å². The van der Waals surface area contributed by atoms with Crippen LogP contribution in [0.15, 0.2) is 24.3 Å². The molecule has 0 radical (unpaired) electrons. The van der Waals surface area contributed by atoms with Gasteiger partial charge in [-0.3, -0.25) is 0 Å². The van der Waals surface area contributed by atoms with Gasteiger partial charge in [0, 0.05) is 5.56 Å². The molecule has 0 saturated heterocycles. The van der Waals surface area contributed by atoms with Crippen molar-refractivity contribution >= 4 is 11.6 Å². The monoisotopic (exact) mass is 306 g/mol. The second kappa shape index (κ2) is 5.24. The molecule has 0 spiro atoms. The highest BCUT2D eigenvalue weighted by atomic mass is 35.5. The molecule has 0 N–H and O–H groups in total. The predicted octanol–water partition coefficient (Wildman–Crippen LogP) is 3.96. The minimum Gasteiger partial charge on any atom is -0.496 e. The SMILES string of the molecule is COc1ccc(F)cc1-c1cc(C(F)(F)F)nc(Cl)n1. The number of hydrogen-bond acceptors (Lipinski definition) is 3. The number of nitrogens with zero attached hydrogens (tertiary/aromatic N) is 2. The Hall–Kier alpha value is -1.89. The predicted molar refractivity (Wildman–Crippen MR) is 64.0 cm³/mol. The highest BCUT2D eigenvalue weighted by molar-refractivity contribution is 6.28. The van der Waals surface area contributed by atoms with E-state index >= 15 is 0 Å². The molecule has 0 fully saturated rings. The lowest BCUT2D eigenvalue weighted by Crippen LogP contribution is -2.09. The highest BCUT2D eigenvalue weighted by Crippen LogP contribution is 2.34. The molecule has 0 aliphatic heterocycles. The van der Waals surface area contributed by atoms with Crippen molar-refractivity contribution in [1.29, 1.82) is 0 Å². The van der Waals surface area contributed by atoms with Gasteiger partial charge in [0.25, 0.3) is 0 Å². The van der Waals surface area contributed by atoms with Gasteiger partial charge >= 0.3 is 6.18 Å². The Morgan fingerprint density at radius 3 is 2.45 bits per heavy atom. The summed E-state index contributed by atoms with van der Waals surface area (Å²) >= 11 is 5.48. The first-order valence-electron chi connectivity index (χ1n) is 5.27. The van der Waals surface area contributed by atoms with Gasteiger partial charge in [-0.05, 0) is 35.9 Å². The van der Waals surface area contributed by atoms with Crippen molar-refractivity contribution < 1.29 is 22.3 Å². The number of aromatic nitrogens is 2. The zero-order valence-electron chi connectivity index (χ0n) is 10.0. The normalized spacial score (nSPS) is 11.5. The van der Waals surface area contributed by atoms with E-state index in [-0.39, 0.29) is 17.0 Å². The topological polar surface area (TPSA) is 35.0 Å². The quantitative estimate of drug-likeness (QED) is 0.622. The second-order valence-electron chi connectivity index (χ2n) is 3.75. The lowest BCUT2D eigenvalue weighted by Gasteiger charge is -2.11. The maximum Gasteiger partial charge on any atom is 0.433 e. The van der Waals surface area contributed by atoms with Crippen LogP contribution in [0.4, 0.5) is 17.6 Å². The molecule has 20 heavy (non-hydrogen) atoms. The van der Waals surface area contributed by atoms with Crippen LogP contribution in [-0.4, -0.2) is 17.1 Å². The molecule has 8 heteroatoms. The zero-order valence-corrected chi connectivity index (χ0v) is 10.8. The van der Waals surface area contributed by atoms with Crippen LogP contribution in [0.1, 0.15) is 5.69 Å². The molecular weight excluding hydrogens is 300 g/mol. The zero-order chi connectivity index (χ0) is 14.9. The third kappa shape index (κ3) is 2.98. The third-order valence-electron chi connectivity index (χ3n) is 2.43. The van der Waals surface area contributed by atoms with Gasteiger partial charge in [0.2, 0.25) is 5.28 Å². The minimum absolute atomic E-state index is 0.0577. The number of alkyl halides is 3. The van der Waals surface area contributed by atoms with E-state index in [0.29, 0.717) is 6.07 Å². The highest BCUT2D eigenvalue weighted by Gasteiger charge is 2.34. The van der Waals surface area contributed by atoms with Gasteiger partial charge in [0.15, 0.2) is 0 Å². The Labute approximate surface area is 116 Å². The van der Waals surface area contributed by atoms with Gasteiger partial charge in [-0.15, -0.1) is 0 Å². The first-order chi connectivity index (χ1) is 9.31. The van der Waals surface area contributed by atoms with E-state index in [9.17, 15) is 17.6 Å². The summed E-state index contributed by atoms with van der Waals surface area (Å²) in [7, 11) is 1.31. The molecule has 1 aromatic carbocycles. The van der Waals surface area contributed by atoms with Crippen LogP contribution in [0.25, 0.3) is 11.3 Å². The summed E-state index contributed by atoms with van der Waals surface area (Å²) in [6.07, 6.45) is -4.68. The van der Waals surface area contributed by atoms with Crippen LogP contribution in [0.5, 0.6) is 5.75 Å². The number of benzene rings is 1. The van der Waals surface area contributed by atoms with Crippen molar-refractivity contribution in [3.63, 3.8) is 0 Å². The molecule has 2 rings (SSSR count). The summed E-state index contributed by atoms with van der Waals surface area (Å²) in [5.41, 5.74) is -1.32. The Balaban J connectivity index is 2.64. The molecule has 1 heterocycles. The van der Waals surface area contributed by atoms with E-state index < -0.39 is 23.0 Å². The summed E-state index contributed by atoms with van der Waals surface area (Å²) < 4.78 is 56.2. The van der Waals surface area contributed by atoms with Crippen LogP contribution < -0.4 is 4.74 Å². The smallest absolute Gasteiger partial charge is 0.433 e. The van der Waals surface area contributed by atoms with Gasteiger partial charge in [-0.25, -0.2) is 14.4 Å². The van der Waals surface area contributed by atoms with E-state index in [1.165, 1.54) is 13.2 Å². The third-order valence-corrected chi connectivity index (χ3v) is 2.60. The summed E-state index contributed by atoms with van der Waals surface area (Å²) in [5, 5.41) is -0.582. The standard InChI is InChI=1S/C12H7ClF4N2O/c1-20-9-3-2-6(14)4-7(9)8-5-10(12(15,16)17)19-11(13)18-8/h2-5H,1H3. The number of halogens is 5. The Morgan fingerprint density at radius 2 is 1.85 bits per heavy atom. The average Bonchev–Trinajstić information content (AvgIpc) is 2.37. The van der Waals surface area contributed by atoms with E-state index in [0.717, 1.165) is 12.1 Å². The maximum absolute atomic E-state index is 13.3.